The smallest absolute Gasteiger partial charge is 0.378 e. The number of nitrogens with one attached hydrogen (secondary N) is 1. The van der Waals surface area contributed by atoms with Crippen molar-refractivity contribution in [2.75, 3.05) is 5.32 Å². The Morgan fingerprint density at radius 1 is 0.889 bits per heavy atom. The van der Waals surface area contributed by atoms with E-state index < -0.39 is 23.5 Å². The van der Waals surface area contributed by atoms with E-state index in [1.165, 1.54) is 6.07 Å². The molecule has 1 heterocycles. The minimum Gasteiger partial charge on any atom is -0.378 e. The number of alkyl halides is 6. The zero-order valence-electron chi connectivity index (χ0n) is 14.0. The first-order valence-electron chi connectivity index (χ1n) is 8.35. The number of hydrogen-bond donors (Lipinski definition) is 2. The highest BCUT2D eigenvalue weighted by Crippen LogP contribution is 2.50. The maximum Gasteiger partial charge on any atom is 0.430 e. The van der Waals surface area contributed by atoms with Gasteiger partial charge < -0.3 is 10.4 Å². The van der Waals surface area contributed by atoms with E-state index in [9.17, 15) is 31.4 Å². The summed E-state index contributed by atoms with van der Waals surface area (Å²) in [6, 6.07) is 12.0. The van der Waals surface area contributed by atoms with E-state index in [0.717, 1.165) is 11.6 Å². The Balaban J connectivity index is 1.99. The van der Waals surface area contributed by atoms with Crippen molar-refractivity contribution in [3.05, 3.63) is 65.2 Å². The van der Waals surface area contributed by atoms with Gasteiger partial charge in [0, 0.05) is 11.3 Å². The van der Waals surface area contributed by atoms with E-state index >= 15 is 0 Å². The van der Waals surface area contributed by atoms with Gasteiger partial charge in [-0.3, -0.25) is 0 Å². The molecule has 0 saturated carbocycles. The fourth-order valence-corrected chi connectivity index (χ4v) is 3.35. The van der Waals surface area contributed by atoms with Crippen molar-refractivity contribution in [3.8, 4) is 0 Å². The molecule has 2 nitrogen and oxygen atoms in total. The van der Waals surface area contributed by atoms with Crippen molar-refractivity contribution >= 4 is 5.69 Å². The second kappa shape index (κ2) is 6.74. The van der Waals surface area contributed by atoms with Gasteiger partial charge in [-0.25, -0.2) is 0 Å². The Morgan fingerprint density at radius 3 is 2.11 bits per heavy atom. The van der Waals surface area contributed by atoms with Crippen molar-refractivity contribution in [1.82, 2.24) is 0 Å². The van der Waals surface area contributed by atoms with E-state index in [4.69, 9.17) is 0 Å². The molecular weight excluding hydrogens is 372 g/mol. The number of aryl methyl sites for hydroxylation is 1. The Labute approximate surface area is 151 Å². The van der Waals surface area contributed by atoms with E-state index in [-0.39, 0.29) is 6.04 Å². The molecule has 1 atom stereocenters. The van der Waals surface area contributed by atoms with Gasteiger partial charge in [-0.1, -0.05) is 42.5 Å². The Kier molecular flexibility index (Phi) is 4.88. The molecule has 0 amide bonds. The predicted molar refractivity (Wildman–Crippen MR) is 88.2 cm³/mol. The summed E-state index contributed by atoms with van der Waals surface area (Å²) in [4.78, 5) is 0. The summed E-state index contributed by atoms with van der Waals surface area (Å²) < 4.78 is 78.6. The topological polar surface area (TPSA) is 32.3 Å². The van der Waals surface area contributed by atoms with Crippen molar-refractivity contribution < 1.29 is 31.4 Å². The molecule has 0 aromatic heterocycles. The molecule has 0 bridgehead atoms. The lowest BCUT2D eigenvalue weighted by atomic mass is 9.90. The van der Waals surface area contributed by atoms with Crippen LogP contribution in [0.3, 0.4) is 0 Å². The summed E-state index contributed by atoms with van der Waals surface area (Å²) in [6.07, 6.45) is -10.2. The summed E-state index contributed by atoms with van der Waals surface area (Å²) >= 11 is 0. The first-order valence-corrected chi connectivity index (χ1v) is 8.35. The lowest BCUT2D eigenvalue weighted by Crippen LogP contribution is -2.53. The number of rotatable bonds is 2. The van der Waals surface area contributed by atoms with Crippen LogP contribution in [0.2, 0.25) is 0 Å². The first-order chi connectivity index (χ1) is 12.5. The summed E-state index contributed by atoms with van der Waals surface area (Å²) in [5, 5.41) is 12.8. The van der Waals surface area contributed by atoms with E-state index in [1.807, 2.05) is 30.3 Å². The van der Waals surface area contributed by atoms with Gasteiger partial charge in [0.1, 0.15) is 0 Å². The maximum atomic E-state index is 13.1. The molecule has 2 aromatic rings. The highest BCUT2D eigenvalue weighted by Gasteiger charge is 2.71. The number of aliphatic hydroxyl groups is 1. The largest absolute Gasteiger partial charge is 0.430 e. The van der Waals surface area contributed by atoms with Crippen LogP contribution in [-0.4, -0.2) is 17.5 Å². The molecule has 1 aliphatic heterocycles. The summed E-state index contributed by atoms with van der Waals surface area (Å²) in [6.45, 7) is 0. The van der Waals surface area contributed by atoms with Crippen LogP contribution >= 0.6 is 0 Å². The lowest BCUT2D eigenvalue weighted by Gasteiger charge is -2.33. The monoisotopic (exact) mass is 389 g/mol. The predicted octanol–water partition coefficient (Wildman–Crippen LogP) is 5.49. The van der Waals surface area contributed by atoms with Crippen LogP contribution in [0.1, 0.15) is 35.6 Å². The average Bonchev–Trinajstić information content (AvgIpc) is 2.81. The minimum absolute atomic E-state index is 0.0950. The molecule has 27 heavy (non-hydrogen) atoms. The quantitative estimate of drug-likeness (QED) is 0.666. The molecular formula is C19H17F6NO. The Morgan fingerprint density at radius 2 is 1.52 bits per heavy atom. The Hall–Kier alpha value is -2.22. The molecule has 1 aliphatic rings. The van der Waals surface area contributed by atoms with Crippen LogP contribution in [0.15, 0.2) is 48.5 Å². The van der Waals surface area contributed by atoms with Crippen LogP contribution < -0.4 is 5.32 Å². The van der Waals surface area contributed by atoms with Crippen LogP contribution in [0.4, 0.5) is 32.0 Å². The van der Waals surface area contributed by atoms with E-state index in [1.54, 1.807) is 0 Å². The fraction of sp³-hybridized carbons (Fsp3) is 0.368. The van der Waals surface area contributed by atoms with Crippen LogP contribution in [-0.2, 0) is 12.0 Å². The van der Waals surface area contributed by atoms with Crippen molar-refractivity contribution in [2.45, 2.75) is 43.3 Å². The zero-order chi connectivity index (χ0) is 19.9. The maximum absolute atomic E-state index is 13.1. The van der Waals surface area contributed by atoms with Crippen LogP contribution in [0.5, 0.6) is 0 Å². The molecule has 0 radical (unpaired) electrons. The van der Waals surface area contributed by atoms with E-state index in [2.05, 4.69) is 5.32 Å². The van der Waals surface area contributed by atoms with Crippen LogP contribution in [0, 0.1) is 0 Å². The van der Waals surface area contributed by atoms with Crippen molar-refractivity contribution in [1.29, 1.82) is 0 Å². The molecule has 2 N–H and O–H groups in total. The molecule has 2 aromatic carbocycles. The molecule has 8 heteroatoms. The highest BCUT2D eigenvalue weighted by atomic mass is 19.4. The lowest BCUT2D eigenvalue weighted by molar-refractivity contribution is -0.376. The molecule has 0 fully saturated rings. The Bertz CT molecular complexity index is 786. The summed E-state index contributed by atoms with van der Waals surface area (Å²) in [5.41, 5.74) is -4.35. The molecule has 146 valence electrons. The second-order valence-electron chi connectivity index (χ2n) is 6.58. The molecule has 0 saturated heterocycles. The number of benzene rings is 2. The fourth-order valence-electron chi connectivity index (χ4n) is 3.35. The SMILES string of the molecule is OC(c1ccc2c(c1)CCCC(c1ccccc1)N2)(C(F)(F)F)C(F)(F)F. The first kappa shape index (κ1) is 19.5. The minimum atomic E-state index is -5.88. The molecule has 0 spiro atoms. The van der Waals surface area contributed by atoms with Gasteiger partial charge in [0.25, 0.3) is 5.60 Å². The third kappa shape index (κ3) is 3.50. The number of fused-ring (bicyclic) bond motifs is 1. The average molecular weight is 389 g/mol. The molecule has 3 rings (SSSR count). The number of hydrogen-bond acceptors (Lipinski definition) is 2. The van der Waals surface area contributed by atoms with E-state index in [0.29, 0.717) is 36.6 Å². The van der Waals surface area contributed by atoms with Crippen molar-refractivity contribution in [2.24, 2.45) is 0 Å². The van der Waals surface area contributed by atoms with Gasteiger partial charge in [0.15, 0.2) is 0 Å². The molecule has 0 aliphatic carbocycles. The summed E-state index contributed by atoms with van der Waals surface area (Å²) in [5.74, 6) is 0. The standard InChI is InChI=1S/C19H17F6NO/c20-18(21,22)17(27,19(23,24)25)14-9-10-16-13(11-14)7-4-8-15(26-16)12-5-2-1-3-6-12/h1-3,5-6,9-11,15,26-27H,4,7-8H2. The number of halogens is 6. The normalized spacial score (nSPS) is 18.4. The van der Waals surface area contributed by atoms with Gasteiger partial charge in [-0.2, -0.15) is 26.3 Å². The second-order valence-corrected chi connectivity index (χ2v) is 6.58. The van der Waals surface area contributed by atoms with Crippen molar-refractivity contribution in [3.63, 3.8) is 0 Å². The third-order valence-corrected chi connectivity index (χ3v) is 4.81. The number of anilines is 1. The van der Waals surface area contributed by atoms with Gasteiger partial charge in [0.05, 0.1) is 6.04 Å². The summed E-state index contributed by atoms with van der Waals surface area (Å²) in [7, 11) is 0. The van der Waals surface area contributed by atoms with Crippen LogP contribution in [0.25, 0.3) is 0 Å². The molecule has 1 unspecified atom stereocenters. The third-order valence-electron chi connectivity index (χ3n) is 4.81. The van der Waals surface area contributed by atoms with Gasteiger partial charge in [-0.15, -0.1) is 0 Å². The zero-order valence-corrected chi connectivity index (χ0v) is 14.0. The van der Waals surface area contributed by atoms with Gasteiger partial charge in [-0.05, 0) is 36.5 Å². The van der Waals surface area contributed by atoms with Gasteiger partial charge >= 0.3 is 12.4 Å². The van der Waals surface area contributed by atoms with Gasteiger partial charge in [0.2, 0.25) is 0 Å². The highest BCUT2D eigenvalue weighted by molar-refractivity contribution is 5.56.